The maximum atomic E-state index is 13.8. The van der Waals surface area contributed by atoms with Crippen LogP contribution < -0.4 is 29.1 Å². The third-order valence-electron chi connectivity index (χ3n) is 5.83. The molecule has 1 atom stereocenters. The molecule has 0 amide bonds. The Bertz CT molecular complexity index is 1590. The molecule has 0 bridgehead atoms. The minimum absolute atomic E-state index is 0.103. The highest BCUT2D eigenvalue weighted by molar-refractivity contribution is 9.10. The first-order valence-electron chi connectivity index (χ1n) is 11.2. The molecule has 1 aliphatic heterocycles. The fourth-order valence-corrected chi connectivity index (χ4v) is 5.62. The Labute approximate surface area is 225 Å². The van der Waals surface area contributed by atoms with Crippen molar-refractivity contribution in [1.82, 2.24) is 4.57 Å². The molecular formula is C26H25BrN2O7S. The SMILES string of the molecule is CCOC(=O)C1=C(C)N=c2s/c(=C\c3cc(Br)cc(OC)c3O)c(=O)n2[C@H]1c1ccc(OC)cc1OC. The van der Waals surface area contributed by atoms with Gasteiger partial charge in [-0.05, 0) is 44.2 Å². The zero-order chi connectivity index (χ0) is 26.9. The number of ether oxygens (including phenoxy) is 4. The second-order valence-electron chi connectivity index (χ2n) is 7.96. The van der Waals surface area contributed by atoms with Gasteiger partial charge in [0.25, 0.3) is 5.56 Å². The molecule has 9 nitrogen and oxygen atoms in total. The van der Waals surface area contributed by atoms with E-state index in [4.69, 9.17) is 18.9 Å². The first kappa shape index (κ1) is 26.5. The van der Waals surface area contributed by atoms with Crippen LogP contribution in [0.15, 0.2) is 55.9 Å². The summed E-state index contributed by atoms with van der Waals surface area (Å²) in [5, 5.41) is 10.6. The van der Waals surface area contributed by atoms with Gasteiger partial charge in [0.05, 0.1) is 43.7 Å². The number of carbonyl (C=O) groups is 1. The van der Waals surface area contributed by atoms with Crippen molar-refractivity contribution in [3.8, 4) is 23.0 Å². The number of aromatic nitrogens is 1. The van der Waals surface area contributed by atoms with Crippen LogP contribution in [0.25, 0.3) is 6.08 Å². The van der Waals surface area contributed by atoms with Crippen LogP contribution in [0.2, 0.25) is 0 Å². The van der Waals surface area contributed by atoms with E-state index in [-0.39, 0.29) is 29.2 Å². The highest BCUT2D eigenvalue weighted by Crippen LogP contribution is 2.38. The Morgan fingerprint density at radius 1 is 1.16 bits per heavy atom. The zero-order valence-electron chi connectivity index (χ0n) is 20.8. The molecular weight excluding hydrogens is 564 g/mol. The normalized spacial score (nSPS) is 15.2. The lowest BCUT2D eigenvalue weighted by Crippen LogP contribution is -2.40. The maximum Gasteiger partial charge on any atom is 0.338 e. The van der Waals surface area contributed by atoms with E-state index in [1.54, 1.807) is 50.3 Å². The van der Waals surface area contributed by atoms with Crippen LogP contribution in [-0.2, 0) is 9.53 Å². The Morgan fingerprint density at radius 2 is 1.89 bits per heavy atom. The van der Waals surface area contributed by atoms with E-state index in [1.165, 1.54) is 25.9 Å². The number of allylic oxidation sites excluding steroid dienone is 1. The number of methoxy groups -OCH3 is 3. The molecule has 0 fully saturated rings. The third kappa shape index (κ3) is 4.88. The summed E-state index contributed by atoms with van der Waals surface area (Å²) in [5.41, 5.74) is 1.23. The van der Waals surface area contributed by atoms with E-state index in [2.05, 4.69) is 20.9 Å². The molecule has 0 spiro atoms. The number of hydrogen-bond acceptors (Lipinski definition) is 9. The lowest BCUT2D eigenvalue weighted by molar-refractivity contribution is -0.139. The van der Waals surface area contributed by atoms with Crippen molar-refractivity contribution in [2.45, 2.75) is 19.9 Å². The quantitative estimate of drug-likeness (QED) is 0.422. The van der Waals surface area contributed by atoms with Gasteiger partial charge in [-0.3, -0.25) is 9.36 Å². The van der Waals surface area contributed by atoms with Crippen molar-refractivity contribution in [2.75, 3.05) is 27.9 Å². The number of nitrogens with zero attached hydrogens (tertiary/aromatic N) is 2. The van der Waals surface area contributed by atoms with Gasteiger partial charge in [0.2, 0.25) is 0 Å². The molecule has 4 rings (SSSR count). The van der Waals surface area contributed by atoms with Crippen molar-refractivity contribution >= 4 is 39.3 Å². The molecule has 2 aromatic carbocycles. The van der Waals surface area contributed by atoms with E-state index >= 15 is 0 Å². The van der Waals surface area contributed by atoms with Crippen LogP contribution in [0.1, 0.15) is 31.0 Å². The zero-order valence-corrected chi connectivity index (χ0v) is 23.2. The van der Waals surface area contributed by atoms with E-state index in [1.807, 2.05) is 0 Å². The van der Waals surface area contributed by atoms with Gasteiger partial charge in [0.15, 0.2) is 16.3 Å². The number of thiazole rings is 1. The van der Waals surface area contributed by atoms with Crippen LogP contribution in [0.4, 0.5) is 0 Å². The summed E-state index contributed by atoms with van der Waals surface area (Å²) in [6.45, 7) is 3.58. The molecule has 1 aromatic heterocycles. The van der Waals surface area contributed by atoms with E-state index in [0.29, 0.717) is 42.1 Å². The Hall–Kier alpha value is -3.57. The van der Waals surface area contributed by atoms with Crippen LogP contribution >= 0.6 is 27.3 Å². The second kappa shape index (κ2) is 10.8. The van der Waals surface area contributed by atoms with Crippen molar-refractivity contribution in [3.05, 3.63) is 76.9 Å². The second-order valence-corrected chi connectivity index (χ2v) is 9.88. The highest BCUT2D eigenvalue weighted by Gasteiger charge is 2.35. The van der Waals surface area contributed by atoms with Crippen LogP contribution in [0, 0.1) is 0 Å². The lowest BCUT2D eigenvalue weighted by Gasteiger charge is -2.26. The largest absolute Gasteiger partial charge is 0.504 e. The van der Waals surface area contributed by atoms with Crippen LogP contribution in [-0.4, -0.2) is 43.6 Å². The standard InChI is InChI=1S/C26H25BrN2O7S/c1-6-36-25(32)21-13(2)28-26-29(22(21)17-8-7-16(33-3)12-18(17)34-4)24(31)20(37-26)10-14-9-15(27)11-19(35-5)23(14)30/h7-12,22,30H,6H2,1-5H3/b20-10-/t22-/m0/s1. The molecule has 11 heteroatoms. The van der Waals surface area contributed by atoms with Gasteiger partial charge in [-0.1, -0.05) is 27.3 Å². The molecule has 3 aromatic rings. The number of phenolic OH excluding ortho intramolecular Hbond substituents is 1. The fraction of sp³-hybridized carbons (Fsp3) is 0.269. The summed E-state index contributed by atoms with van der Waals surface area (Å²) < 4.78 is 23.9. The molecule has 0 saturated heterocycles. The molecule has 194 valence electrons. The predicted molar refractivity (Wildman–Crippen MR) is 142 cm³/mol. The number of esters is 1. The molecule has 37 heavy (non-hydrogen) atoms. The number of benzene rings is 2. The number of fused-ring (bicyclic) bond motifs is 1. The predicted octanol–water partition coefficient (Wildman–Crippen LogP) is 3.29. The average Bonchev–Trinajstić information content (AvgIpc) is 3.18. The molecule has 0 aliphatic carbocycles. The van der Waals surface area contributed by atoms with Gasteiger partial charge in [-0.25, -0.2) is 9.79 Å². The topological polar surface area (TPSA) is 109 Å². The summed E-state index contributed by atoms with van der Waals surface area (Å²) >= 11 is 4.54. The molecule has 0 saturated carbocycles. The number of hydrogen-bond donors (Lipinski definition) is 1. The fourth-order valence-electron chi connectivity index (χ4n) is 4.13. The first-order chi connectivity index (χ1) is 17.7. The first-order valence-corrected chi connectivity index (χ1v) is 12.8. The van der Waals surface area contributed by atoms with Crippen molar-refractivity contribution < 1.29 is 28.8 Å². The summed E-state index contributed by atoms with van der Waals surface area (Å²) in [7, 11) is 4.49. The summed E-state index contributed by atoms with van der Waals surface area (Å²) in [6.07, 6.45) is 1.57. The number of carbonyl (C=O) groups excluding carboxylic acids is 1. The number of rotatable bonds is 7. The monoisotopic (exact) mass is 588 g/mol. The third-order valence-corrected chi connectivity index (χ3v) is 7.27. The van der Waals surface area contributed by atoms with Gasteiger partial charge in [-0.2, -0.15) is 0 Å². The van der Waals surface area contributed by atoms with Gasteiger partial charge in [0, 0.05) is 21.7 Å². The van der Waals surface area contributed by atoms with Gasteiger partial charge < -0.3 is 24.1 Å². The smallest absolute Gasteiger partial charge is 0.338 e. The Morgan fingerprint density at radius 3 is 2.54 bits per heavy atom. The highest BCUT2D eigenvalue weighted by atomic mass is 79.9. The number of phenols is 1. The lowest BCUT2D eigenvalue weighted by atomic mass is 9.95. The minimum atomic E-state index is -0.857. The molecule has 0 radical (unpaired) electrons. The summed E-state index contributed by atoms with van der Waals surface area (Å²) in [5.74, 6) is 0.577. The maximum absolute atomic E-state index is 13.8. The van der Waals surface area contributed by atoms with Gasteiger partial charge in [0.1, 0.15) is 17.5 Å². The molecule has 1 aliphatic rings. The number of halogens is 1. The van der Waals surface area contributed by atoms with E-state index in [0.717, 1.165) is 11.3 Å². The number of aromatic hydroxyl groups is 1. The van der Waals surface area contributed by atoms with E-state index < -0.39 is 12.0 Å². The summed E-state index contributed by atoms with van der Waals surface area (Å²) in [6, 6.07) is 7.62. The Balaban J connectivity index is 2.01. The van der Waals surface area contributed by atoms with Crippen LogP contribution in [0.3, 0.4) is 0 Å². The molecule has 0 unspecified atom stereocenters. The Kier molecular flexibility index (Phi) is 7.74. The van der Waals surface area contributed by atoms with Gasteiger partial charge >= 0.3 is 5.97 Å². The molecule has 2 heterocycles. The molecule has 1 N–H and O–H groups in total. The van der Waals surface area contributed by atoms with E-state index in [9.17, 15) is 14.7 Å². The summed E-state index contributed by atoms with van der Waals surface area (Å²) in [4.78, 5) is 31.9. The van der Waals surface area contributed by atoms with Crippen molar-refractivity contribution in [2.24, 2.45) is 4.99 Å². The average molecular weight is 589 g/mol. The minimum Gasteiger partial charge on any atom is -0.504 e. The van der Waals surface area contributed by atoms with Crippen LogP contribution in [0.5, 0.6) is 23.0 Å². The van der Waals surface area contributed by atoms with Gasteiger partial charge in [-0.15, -0.1) is 0 Å². The van der Waals surface area contributed by atoms with Crippen molar-refractivity contribution in [3.63, 3.8) is 0 Å². The van der Waals surface area contributed by atoms with Crippen molar-refractivity contribution in [1.29, 1.82) is 0 Å².